The molecule has 1 amide bonds. The third kappa shape index (κ3) is 3.89. The first kappa shape index (κ1) is 14.7. The molecule has 0 saturated carbocycles. The molecule has 0 aliphatic carbocycles. The summed E-state index contributed by atoms with van der Waals surface area (Å²) in [7, 11) is 3.13. The Labute approximate surface area is 123 Å². The summed E-state index contributed by atoms with van der Waals surface area (Å²) in [6, 6.07) is 13.2. The lowest BCUT2D eigenvalue weighted by Crippen LogP contribution is -2.35. The number of benzene rings is 1. The van der Waals surface area contributed by atoms with E-state index in [1.165, 1.54) is 12.0 Å². The monoisotopic (exact) mass is 283 g/mol. The number of rotatable bonds is 4. The summed E-state index contributed by atoms with van der Waals surface area (Å²) in [5.74, 6) is 0.368. The van der Waals surface area contributed by atoms with E-state index in [0.717, 1.165) is 11.1 Å². The number of carbonyl (C=O) groups is 1. The first-order chi connectivity index (χ1) is 10.2. The number of likely N-dealkylation sites (N-methyl/N-ethyl adjacent to an activating group) is 1. The van der Waals surface area contributed by atoms with Gasteiger partial charge in [-0.1, -0.05) is 35.5 Å². The highest BCUT2D eigenvalue weighted by Crippen LogP contribution is 2.07. The van der Waals surface area contributed by atoms with Crippen LogP contribution in [0.25, 0.3) is 0 Å². The van der Waals surface area contributed by atoms with Gasteiger partial charge in [0, 0.05) is 25.0 Å². The fourth-order valence-electron chi connectivity index (χ4n) is 1.90. The van der Waals surface area contributed by atoms with E-state index >= 15 is 0 Å². The van der Waals surface area contributed by atoms with Crippen molar-refractivity contribution in [2.24, 2.45) is 5.16 Å². The quantitative estimate of drug-likeness (QED) is 0.490. The van der Waals surface area contributed by atoms with Gasteiger partial charge in [0.2, 0.25) is 5.91 Å². The summed E-state index contributed by atoms with van der Waals surface area (Å²) >= 11 is 0. The van der Waals surface area contributed by atoms with Gasteiger partial charge in [-0.15, -0.1) is 0 Å². The lowest BCUT2D eigenvalue weighted by molar-refractivity contribution is -0.125. The molecule has 1 heterocycles. The first-order valence-corrected chi connectivity index (χ1v) is 6.54. The lowest BCUT2D eigenvalue weighted by Gasteiger charge is -2.18. The van der Waals surface area contributed by atoms with Crippen molar-refractivity contribution in [1.82, 2.24) is 9.88 Å². The van der Waals surface area contributed by atoms with Gasteiger partial charge in [-0.2, -0.15) is 0 Å². The summed E-state index contributed by atoms with van der Waals surface area (Å²) in [5, 5.41) is 3.94. The molecule has 0 radical (unpaired) electrons. The number of amidine groups is 1. The van der Waals surface area contributed by atoms with Crippen molar-refractivity contribution in [1.29, 1.82) is 0 Å². The molecule has 0 bridgehead atoms. The van der Waals surface area contributed by atoms with Crippen LogP contribution in [0.3, 0.4) is 0 Å². The summed E-state index contributed by atoms with van der Waals surface area (Å²) < 4.78 is 0. The molecule has 0 fully saturated rings. The zero-order valence-electron chi connectivity index (χ0n) is 12.1. The molecule has 1 aromatic carbocycles. The van der Waals surface area contributed by atoms with Crippen molar-refractivity contribution < 1.29 is 9.63 Å². The number of oxime groups is 1. The highest BCUT2D eigenvalue weighted by atomic mass is 16.6. The van der Waals surface area contributed by atoms with E-state index in [4.69, 9.17) is 4.84 Å². The van der Waals surface area contributed by atoms with Crippen LogP contribution >= 0.6 is 0 Å². The van der Waals surface area contributed by atoms with Gasteiger partial charge in [0.1, 0.15) is 7.11 Å². The standard InChI is InChI=1S/C16H17N3O2/c1-19(15(20)11-13-7-4-3-5-8-13)16(18-21-2)14-9-6-10-17-12-14/h3-10,12H,11H2,1-2H3/b18-16-. The van der Waals surface area contributed by atoms with Crippen molar-refractivity contribution in [2.45, 2.75) is 6.42 Å². The van der Waals surface area contributed by atoms with E-state index < -0.39 is 0 Å². The Bertz CT molecular complexity index is 612. The van der Waals surface area contributed by atoms with Gasteiger partial charge in [-0.3, -0.25) is 14.7 Å². The molecule has 5 heteroatoms. The molecule has 2 rings (SSSR count). The number of hydrogen-bond acceptors (Lipinski definition) is 4. The Kier molecular flexibility index (Phi) is 5.04. The SMILES string of the molecule is CO/N=C(/c1cccnc1)N(C)C(=O)Cc1ccccc1. The van der Waals surface area contributed by atoms with E-state index in [1.807, 2.05) is 36.4 Å². The van der Waals surface area contributed by atoms with E-state index in [2.05, 4.69) is 10.1 Å². The van der Waals surface area contributed by atoms with Crippen LogP contribution in [0, 0.1) is 0 Å². The Morgan fingerprint density at radius 3 is 2.62 bits per heavy atom. The molecular weight excluding hydrogens is 266 g/mol. The Morgan fingerprint density at radius 2 is 2.00 bits per heavy atom. The zero-order valence-corrected chi connectivity index (χ0v) is 12.1. The number of hydrogen-bond donors (Lipinski definition) is 0. The van der Waals surface area contributed by atoms with Crippen LogP contribution in [0.1, 0.15) is 11.1 Å². The molecule has 0 N–H and O–H groups in total. The highest BCUT2D eigenvalue weighted by Gasteiger charge is 2.18. The average Bonchev–Trinajstić information content (AvgIpc) is 2.53. The molecule has 0 unspecified atom stereocenters. The molecule has 0 spiro atoms. The summed E-state index contributed by atoms with van der Waals surface area (Å²) in [6.07, 6.45) is 3.62. The Hall–Kier alpha value is -2.69. The highest BCUT2D eigenvalue weighted by molar-refractivity contribution is 6.07. The van der Waals surface area contributed by atoms with Crippen LogP contribution in [0.15, 0.2) is 60.0 Å². The minimum Gasteiger partial charge on any atom is -0.397 e. The van der Waals surface area contributed by atoms with Gasteiger partial charge in [0.15, 0.2) is 5.84 Å². The van der Waals surface area contributed by atoms with Gasteiger partial charge in [-0.05, 0) is 17.7 Å². The lowest BCUT2D eigenvalue weighted by atomic mass is 10.1. The summed E-state index contributed by atoms with van der Waals surface area (Å²) in [5.41, 5.74) is 1.68. The van der Waals surface area contributed by atoms with Crippen molar-refractivity contribution in [3.05, 3.63) is 66.0 Å². The molecule has 108 valence electrons. The smallest absolute Gasteiger partial charge is 0.232 e. The molecule has 0 atom stereocenters. The maximum Gasteiger partial charge on any atom is 0.232 e. The molecular formula is C16H17N3O2. The summed E-state index contributed by atoms with van der Waals surface area (Å²) in [4.78, 5) is 22.7. The summed E-state index contributed by atoms with van der Waals surface area (Å²) in [6.45, 7) is 0. The topological polar surface area (TPSA) is 54.8 Å². The van der Waals surface area contributed by atoms with Crippen LogP contribution in [0.4, 0.5) is 0 Å². The molecule has 0 aliphatic heterocycles. The Morgan fingerprint density at radius 1 is 1.24 bits per heavy atom. The number of pyridine rings is 1. The average molecular weight is 283 g/mol. The van der Waals surface area contributed by atoms with Crippen LogP contribution in [-0.2, 0) is 16.1 Å². The predicted octanol–water partition coefficient (Wildman–Crippen LogP) is 2.09. The molecule has 1 aromatic heterocycles. The van der Waals surface area contributed by atoms with Gasteiger partial charge in [0.05, 0.1) is 6.42 Å². The third-order valence-electron chi connectivity index (χ3n) is 2.99. The van der Waals surface area contributed by atoms with E-state index in [1.54, 1.807) is 25.5 Å². The van der Waals surface area contributed by atoms with E-state index in [9.17, 15) is 4.79 Å². The number of amides is 1. The van der Waals surface area contributed by atoms with Crippen LogP contribution in [-0.4, -0.2) is 35.8 Å². The molecule has 5 nitrogen and oxygen atoms in total. The Balaban J connectivity index is 2.17. The second-order valence-electron chi connectivity index (χ2n) is 4.45. The molecule has 2 aromatic rings. The van der Waals surface area contributed by atoms with Crippen molar-refractivity contribution in [2.75, 3.05) is 14.2 Å². The van der Waals surface area contributed by atoms with E-state index in [-0.39, 0.29) is 5.91 Å². The molecule has 0 saturated heterocycles. The maximum atomic E-state index is 12.4. The number of aromatic nitrogens is 1. The van der Waals surface area contributed by atoms with Crippen molar-refractivity contribution >= 4 is 11.7 Å². The maximum absolute atomic E-state index is 12.4. The number of nitrogens with zero attached hydrogens (tertiary/aromatic N) is 3. The van der Waals surface area contributed by atoms with Gasteiger partial charge in [0.25, 0.3) is 0 Å². The fourth-order valence-corrected chi connectivity index (χ4v) is 1.90. The van der Waals surface area contributed by atoms with Crippen LogP contribution in [0.2, 0.25) is 0 Å². The molecule has 21 heavy (non-hydrogen) atoms. The van der Waals surface area contributed by atoms with Gasteiger partial charge >= 0.3 is 0 Å². The second-order valence-corrected chi connectivity index (χ2v) is 4.45. The van der Waals surface area contributed by atoms with Crippen molar-refractivity contribution in [3.63, 3.8) is 0 Å². The number of carbonyl (C=O) groups excluding carboxylic acids is 1. The third-order valence-corrected chi connectivity index (χ3v) is 2.99. The normalized spacial score (nSPS) is 11.0. The predicted molar refractivity (Wildman–Crippen MR) is 80.7 cm³/mol. The van der Waals surface area contributed by atoms with Crippen LogP contribution in [0.5, 0.6) is 0 Å². The fraction of sp³-hybridized carbons (Fsp3) is 0.188. The minimum absolute atomic E-state index is 0.0687. The minimum atomic E-state index is -0.0687. The molecule has 0 aliphatic rings. The van der Waals surface area contributed by atoms with E-state index in [0.29, 0.717) is 12.3 Å². The van der Waals surface area contributed by atoms with Gasteiger partial charge < -0.3 is 4.84 Å². The zero-order chi connectivity index (χ0) is 15.1. The largest absolute Gasteiger partial charge is 0.397 e. The first-order valence-electron chi connectivity index (χ1n) is 6.54. The van der Waals surface area contributed by atoms with Crippen molar-refractivity contribution in [3.8, 4) is 0 Å². The second kappa shape index (κ2) is 7.19. The van der Waals surface area contributed by atoms with Gasteiger partial charge in [-0.25, -0.2) is 0 Å². The van der Waals surface area contributed by atoms with Crippen LogP contribution < -0.4 is 0 Å².